The van der Waals surface area contributed by atoms with Crippen molar-refractivity contribution >= 4 is 6.09 Å². The highest BCUT2D eigenvalue weighted by Gasteiger charge is 2.47. The lowest BCUT2D eigenvalue weighted by atomic mass is 9.81. The molecule has 5 heteroatoms. The van der Waals surface area contributed by atoms with Crippen LogP contribution in [-0.2, 0) is 0 Å². The van der Waals surface area contributed by atoms with E-state index in [1.165, 1.54) is 4.90 Å². The molecule has 0 bridgehead atoms. The van der Waals surface area contributed by atoms with E-state index in [9.17, 15) is 9.90 Å². The summed E-state index contributed by atoms with van der Waals surface area (Å²) in [5.74, 6) is 0. The van der Waals surface area contributed by atoms with E-state index in [0.717, 1.165) is 13.0 Å². The van der Waals surface area contributed by atoms with E-state index in [0.29, 0.717) is 19.5 Å². The van der Waals surface area contributed by atoms with Crippen molar-refractivity contribution in [3.63, 3.8) is 0 Å². The third kappa shape index (κ3) is 1.49. The number of hydrogen-bond acceptors (Lipinski definition) is 3. The van der Waals surface area contributed by atoms with Crippen LogP contribution in [0.15, 0.2) is 0 Å². The van der Waals surface area contributed by atoms with Crippen LogP contribution >= 0.6 is 0 Å². The lowest BCUT2D eigenvalue weighted by Gasteiger charge is -2.52. The Morgan fingerprint density at radius 1 is 1.54 bits per heavy atom. The van der Waals surface area contributed by atoms with Crippen molar-refractivity contribution < 1.29 is 15.0 Å². The maximum Gasteiger partial charge on any atom is 0.407 e. The smallest absolute Gasteiger partial charge is 0.407 e. The van der Waals surface area contributed by atoms with Crippen LogP contribution in [0.3, 0.4) is 0 Å². The number of rotatable bonds is 0. The van der Waals surface area contributed by atoms with E-state index >= 15 is 0 Å². The van der Waals surface area contributed by atoms with Crippen molar-refractivity contribution in [3.05, 3.63) is 0 Å². The third-order valence-electron chi connectivity index (χ3n) is 2.86. The lowest BCUT2D eigenvalue weighted by Crippen LogP contribution is -2.72. The van der Waals surface area contributed by atoms with Crippen LogP contribution in [0.25, 0.3) is 0 Å². The summed E-state index contributed by atoms with van der Waals surface area (Å²) < 4.78 is 0. The van der Waals surface area contributed by atoms with Crippen LogP contribution in [0.2, 0.25) is 0 Å². The molecule has 0 radical (unpaired) electrons. The fourth-order valence-corrected chi connectivity index (χ4v) is 2.19. The largest absolute Gasteiger partial charge is 0.465 e. The van der Waals surface area contributed by atoms with Crippen LogP contribution in [0.4, 0.5) is 4.79 Å². The summed E-state index contributed by atoms with van der Waals surface area (Å²) in [6.07, 6.45) is 0.315. The van der Waals surface area contributed by atoms with Gasteiger partial charge in [-0.05, 0) is 19.4 Å². The molecule has 0 aromatic rings. The quantitative estimate of drug-likeness (QED) is 0.475. The average Bonchev–Trinajstić information content (AvgIpc) is 1.99. The molecule has 0 aliphatic carbocycles. The summed E-state index contributed by atoms with van der Waals surface area (Å²) in [5, 5.41) is 21.4. The van der Waals surface area contributed by atoms with Gasteiger partial charge in [-0.15, -0.1) is 0 Å². The standard InChI is InChI=1S/C8H14N2O3/c11-6-1-2-9-8(3-6)4-10(5-8)7(12)13/h6,9,11H,1-5H2,(H,12,13). The number of piperidine rings is 1. The maximum atomic E-state index is 10.5. The van der Waals surface area contributed by atoms with E-state index in [2.05, 4.69) is 5.32 Å². The van der Waals surface area contributed by atoms with Crippen LogP contribution in [0.1, 0.15) is 12.8 Å². The van der Waals surface area contributed by atoms with Crippen LogP contribution in [-0.4, -0.2) is 52.5 Å². The second-order valence-electron chi connectivity index (χ2n) is 3.99. The minimum absolute atomic E-state index is 0.129. The third-order valence-corrected chi connectivity index (χ3v) is 2.86. The lowest BCUT2D eigenvalue weighted by molar-refractivity contribution is -0.0134. The molecule has 0 aromatic carbocycles. The molecule has 74 valence electrons. The molecule has 0 saturated carbocycles. The summed E-state index contributed by atoms with van der Waals surface area (Å²) >= 11 is 0. The zero-order valence-corrected chi connectivity index (χ0v) is 7.36. The van der Waals surface area contributed by atoms with Crippen molar-refractivity contribution in [2.45, 2.75) is 24.5 Å². The number of nitrogens with zero attached hydrogens (tertiary/aromatic N) is 1. The first-order valence-electron chi connectivity index (χ1n) is 4.52. The summed E-state index contributed by atoms with van der Waals surface area (Å²) in [6.45, 7) is 1.81. The summed E-state index contributed by atoms with van der Waals surface area (Å²) in [5.41, 5.74) is -0.129. The molecule has 1 spiro atoms. The first-order chi connectivity index (χ1) is 6.11. The second kappa shape index (κ2) is 2.85. The van der Waals surface area contributed by atoms with E-state index in [1.54, 1.807) is 0 Å². The second-order valence-corrected chi connectivity index (χ2v) is 3.99. The van der Waals surface area contributed by atoms with Crippen molar-refractivity contribution in [3.8, 4) is 0 Å². The van der Waals surface area contributed by atoms with Crippen LogP contribution < -0.4 is 5.32 Å². The Morgan fingerprint density at radius 2 is 2.23 bits per heavy atom. The van der Waals surface area contributed by atoms with Gasteiger partial charge in [0.2, 0.25) is 0 Å². The van der Waals surface area contributed by atoms with Crippen molar-refractivity contribution in [1.82, 2.24) is 10.2 Å². The Bertz CT molecular complexity index is 225. The number of aliphatic hydroxyl groups excluding tert-OH is 1. The van der Waals surface area contributed by atoms with Gasteiger partial charge in [0, 0.05) is 13.1 Å². The topological polar surface area (TPSA) is 72.8 Å². The monoisotopic (exact) mass is 186 g/mol. The minimum atomic E-state index is -0.868. The number of aliphatic hydroxyl groups is 1. The molecule has 2 fully saturated rings. The van der Waals surface area contributed by atoms with Crippen LogP contribution in [0.5, 0.6) is 0 Å². The minimum Gasteiger partial charge on any atom is -0.465 e. The molecule has 1 atom stereocenters. The summed E-state index contributed by atoms with van der Waals surface area (Å²) in [4.78, 5) is 11.9. The molecular formula is C8H14N2O3. The van der Waals surface area contributed by atoms with Gasteiger partial charge in [-0.2, -0.15) is 0 Å². The van der Waals surface area contributed by atoms with E-state index in [-0.39, 0.29) is 11.6 Å². The molecule has 2 rings (SSSR count). The van der Waals surface area contributed by atoms with Gasteiger partial charge in [0.1, 0.15) is 0 Å². The molecule has 1 unspecified atom stereocenters. The van der Waals surface area contributed by atoms with Gasteiger partial charge < -0.3 is 20.4 Å². The molecule has 2 heterocycles. The molecule has 3 N–H and O–H groups in total. The highest BCUT2D eigenvalue weighted by atomic mass is 16.4. The fraction of sp³-hybridized carbons (Fsp3) is 0.875. The van der Waals surface area contributed by atoms with E-state index in [1.807, 2.05) is 0 Å². The van der Waals surface area contributed by atoms with Gasteiger partial charge in [-0.3, -0.25) is 0 Å². The van der Waals surface area contributed by atoms with Crippen LogP contribution in [0, 0.1) is 0 Å². The van der Waals surface area contributed by atoms with Gasteiger partial charge in [-0.25, -0.2) is 4.79 Å². The molecule has 13 heavy (non-hydrogen) atoms. The number of likely N-dealkylation sites (tertiary alicyclic amines) is 1. The molecule has 2 saturated heterocycles. The molecule has 1 amide bonds. The Labute approximate surface area is 76.3 Å². The van der Waals surface area contributed by atoms with Gasteiger partial charge >= 0.3 is 6.09 Å². The van der Waals surface area contributed by atoms with E-state index < -0.39 is 6.09 Å². The molecule has 0 aromatic heterocycles. The first-order valence-corrected chi connectivity index (χ1v) is 4.52. The normalized spacial score (nSPS) is 31.5. The maximum absolute atomic E-state index is 10.5. The summed E-state index contributed by atoms with van der Waals surface area (Å²) in [7, 11) is 0. The van der Waals surface area contributed by atoms with Crippen molar-refractivity contribution in [2.75, 3.05) is 19.6 Å². The predicted molar refractivity (Wildman–Crippen MR) is 45.6 cm³/mol. The molecular weight excluding hydrogens is 172 g/mol. The Morgan fingerprint density at radius 3 is 2.77 bits per heavy atom. The zero-order chi connectivity index (χ0) is 9.47. The van der Waals surface area contributed by atoms with Crippen molar-refractivity contribution in [2.24, 2.45) is 0 Å². The number of nitrogens with one attached hydrogen (secondary N) is 1. The zero-order valence-electron chi connectivity index (χ0n) is 7.36. The Balaban J connectivity index is 1.91. The Kier molecular flexibility index (Phi) is 1.92. The highest BCUT2D eigenvalue weighted by molar-refractivity contribution is 5.66. The number of carbonyl (C=O) groups is 1. The Hall–Kier alpha value is -0.810. The van der Waals surface area contributed by atoms with Gasteiger partial charge in [0.05, 0.1) is 11.6 Å². The number of amides is 1. The molecule has 2 aliphatic heterocycles. The first kappa shape index (κ1) is 8.77. The van der Waals surface area contributed by atoms with E-state index in [4.69, 9.17) is 5.11 Å². The van der Waals surface area contributed by atoms with Gasteiger partial charge in [-0.1, -0.05) is 0 Å². The van der Waals surface area contributed by atoms with Gasteiger partial charge in [0.15, 0.2) is 0 Å². The van der Waals surface area contributed by atoms with Gasteiger partial charge in [0.25, 0.3) is 0 Å². The average molecular weight is 186 g/mol. The molecule has 5 nitrogen and oxygen atoms in total. The predicted octanol–water partition coefficient (Wildman–Crippen LogP) is -0.537. The number of hydrogen-bond donors (Lipinski definition) is 3. The fourth-order valence-electron chi connectivity index (χ4n) is 2.19. The highest BCUT2D eigenvalue weighted by Crippen LogP contribution is 2.29. The van der Waals surface area contributed by atoms with Crippen molar-refractivity contribution in [1.29, 1.82) is 0 Å². The number of carboxylic acid groups (broad SMARTS) is 1. The SMILES string of the molecule is O=C(O)N1CC2(CC(O)CCN2)C1. The molecule has 2 aliphatic rings. The summed E-state index contributed by atoms with van der Waals surface area (Å²) in [6, 6.07) is 0.